The SMILES string of the molecule is CCC1C2=NC(N)(Cl)c3ncn([C@@H]4O[C@H](CO)[C@@H](O)[C@H]4O)c3N21. The molecule has 0 saturated carbocycles. The van der Waals surface area contributed by atoms with Crippen molar-refractivity contribution < 1.29 is 20.1 Å². The van der Waals surface area contributed by atoms with Crippen LogP contribution in [0.4, 0.5) is 5.82 Å². The van der Waals surface area contributed by atoms with Gasteiger partial charge in [-0.05, 0) is 6.42 Å². The number of hydrogen-bond acceptors (Lipinski definition) is 8. The number of nitrogens with two attached hydrogens (primary N) is 1. The topological polar surface area (TPSA) is 129 Å². The number of ether oxygens (including phenoxy) is 1. The number of hydrogen-bond donors (Lipinski definition) is 4. The number of imidazole rings is 1. The van der Waals surface area contributed by atoms with Gasteiger partial charge in [-0.1, -0.05) is 18.5 Å². The molecule has 6 atom stereocenters. The van der Waals surface area contributed by atoms with Crippen LogP contribution in [0.2, 0.25) is 0 Å². The summed E-state index contributed by atoms with van der Waals surface area (Å²) in [7, 11) is 0. The predicted molar refractivity (Wildman–Crippen MR) is 80.9 cm³/mol. The van der Waals surface area contributed by atoms with Gasteiger partial charge in [-0.15, -0.1) is 0 Å². The number of aliphatic hydroxyl groups excluding tert-OH is 3. The number of anilines is 1. The Morgan fingerprint density at radius 2 is 2.17 bits per heavy atom. The van der Waals surface area contributed by atoms with Gasteiger partial charge < -0.3 is 25.0 Å². The monoisotopic (exact) mass is 343 g/mol. The van der Waals surface area contributed by atoms with Crippen LogP contribution < -0.4 is 10.6 Å². The summed E-state index contributed by atoms with van der Waals surface area (Å²) in [5.74, 6) is 1.38. The smallest absolute Gasteiger partial charge is 0.232 e. The number of amidine groups is 1. The normalized spacial score (nSPS) is 41.6. The Morgan fingerprint density at radius 3 is 2.78 bits per heavy atom. The number of rotatable bonds is 3. The maximum Gasteiger partial charge on any atom is 0.232 e. The third-order valence-corrected chi connectivity index (χ3v) is 4.84. The highest BCUT2D eigenvalue weighted by Crippen LogP contribution is 2.47. The van der Waals surface area contributed by atoms with Crippen molar-refractivity contribution in [3.05, 3.63) is 12.0 Å². The number of aromatic nitrogens is 2. The van der Waals surface area contributed by atoms with Crippen molar-refractivity contribution in [2.75, 3.05) is 11.5 Å². The van der Waals surface area contributed by atoms with Gasteiger partial charge in [0, 0.05) is 0 Å². The van der Waals surface area contributed by atoms with Gasteiger partial charge in [0.2, 0.25) is 5.12 Å². The minimum atomic E-state index is -1.46. The Hall–Kier alpha value is -1.23. The van der Waals surface area contributed by atoms with E-state index in [2.05, 4.69) is 9.98 Å². The average Bonchev–Trinajstić information content (AvgIpc) is 2.87. The van der Waals surface area contributed by atoms with Crippen molar-refractivity contribution in [2.45, 2.75) is 49.0 Å². The molecule has 9 nitrogen and oxygen atoms in total. The molecule has 3 aliphatic heterocycles. The molecule has 4 heterocycles. The third-order valence-electron chi connectivity index (χ3n) is 4.57. The Morgan fingerprint density at radius 1 is 1.43 bits per heavy atom. The molecule has 2 unspecified atom stereocenters. The molecule has 0 spiro atoms. The summed E-state index contributed by atoms with van der Waals surface area (Å²) < 4.78 is 7.16. The minimum Gasteiger partial charge on any atom is -0.394 e. The summed E-state index contributed by atoms with van der Waals surface area (Å²) in [5, 5.41) is 28.0. The number of alkyl halides is 1. The maximum atomic E-state index is 10.2. The van der Waals surface area contributed by atoms with E-state index in [-0.39, 0.29) is 6.04 Å². The lowest BCUT2D eigenvalue weighted by Crippen LogP contribution is -2.34. The molecule has 126 valence electrons. The fraction of sp³-hybridized carbons (Fsp3) is 0.692. The molecular weight excluding hydrogens is 326 g/mol. The molecule has 4 rings (SSSR count). The highest BCUT2D eigenvalue weighted by Gasteiger charge is 2.55. The van der Waals surface area contributed by atoms with Gasteiger partial charge in [0.05, 0.1) is 19.0 Å². The van der Waals surface area contributed by atoms with Gasteiger partial charge in [-0.3, -0.25) is 10.3 Å². The highest BCUT2D eigenvalue weighted by molar-refractivity contribution is 6.29. The summed E-state index contributed by atoms with van der Waals surface area (Å²) in [6, 6.07) is 0.0884. The summed E-state index contributed by atoms with van der Waals surface area (Å²) in [4.78, 5) is 10.5. The van der Waals surface area contributed by atoms with E-state index >= 15 is 0 Å². The molecule has 0 amide bonds. The summed E-state index contributed by atoms with van der Waals surface area (Å²) in [6.45, 7) is 1.63. The largest absolute Gasteiger partial charge is 0.394 e. The van der Waals surface area contributed by atoms with Crippen LogP contribution in [0.1, 0.15) is 25.3 Å². The van der Waals surface area contributed by atoms with Gasteiger partial charge in [0.25, 0.3) is 0 Å². The first kappa shape index (κ1) is 15.3. The van der Waals surface area contributed by atoms with Gasteiger partial charge in [-0.25, -0.2) is 9.98 Å². The van der Waals surface area contributed by atoms with Crippen molar-refractivity contribution in [2.24, 2.45) is 10.7 Å². The first-order chi connectivity index (χ1) is 10.9. The molecule has 2 saturated heterocycles. The van der Waals surface area contributed by atoms with E-state index in [1.165, 1.54) is 6.33 Å². The minimum absolute atomic E-state index is 0.0884. The van der Waals surface area contributed by atoms with Crippen LogP contribution in [0.5, 0.6) is 0 Å². The number of halogens is 1. The summed E-state index contributed by atoms with van der Waals surface area (Å²) in [5.41, 5.74) is 6.41. The van der Waals surface area contributed by atoms with E-state index < -0.39 is 36.3 Å². The van der Waals surface area contributed by atoms with E-state index in [0.29, 0.717) is 11.5 Å². The lowest BCUT2D eigenvalue weighted by atomic mass is 10.1. The zero-order chi connectivity index (χ0) is 16.5. The molecule has 5 N–H and O–H groups in total. The maximum absolute atomic E-state index is 10.2. The number of aliphatic hydroxyl groups is 3. The molecule has 10 heteroatoms. The molecule has 23 heavy (non-hydrogen) atoms. The first-order valence-corrected chi connectivity index (χ1v) is 7.85. The molecule has 0 aromatic carbocycles. The fourth-order valence-electron chi connectivity index (χ4n) is 3.33. The second-order valence-corrected chi connectivity index (χ2v) is 6.57. The lowest BCUT2D eigenvalue weighted by molar-refractivity contribution is -0.0520. The lowest BCUT2D eigenvalue weighted by Gasteiger charge is -2.24. The van der Waals surface area contributed by atoms with Gasteiger partial charge in [0.15, 0.2) is 6.23 Å². The molecule has 1 aromatic rings. The summed E-state index contributed by atoms with van der Waals surface area (Å²) >= 11 is 6.28. The number of fused-ring (bicyclic) bond motifs is 3. The number of aliphatic imine (C=N–C) groups is 1. The quantitative estimate of drug-likeness (QED) is 0.308. The Balaban J connectivity index is 1.76. The highest BCUT2D eigenvalue weighted by atomic mass is 35.5. The van der Waals surface area contributed by atoms with Crippen LogP contribution in [-0.2, 0) is 9.86 Å². The standard InChI is InChI=1S/C13H18ClN5O4/c1-2-5-10-17-13(14,15)9-11(19(5)10)18(4-16-9)12-8(22)7(21)6(3-20)23-12/h4-8,12,20-22H,2-3,15H2,1H3/t5?,6-,7-,8-,12-,13?,19?/m1/s1. The molecule has 0 radical (unpaired) electrons. The summed E-state index contributed by atoms with van der Waals surface area (Å²) in [6.07, 6.45) is -1.85. The average molecular weight is 344 g/mol. The second kappa shape index (κ2) is 4.88. The molecule has 0 aliphatic carbocycles. The molecule has 1 aromatic heterocycles. The zero-order valence-electron chi connectivity index (χ0n) is 12.4. The van der Waals surface area contributed by atoms with Crippen LogP contribution in [0.25, 0.3) is 0 Å². The Labute approximate surface area is 136 Å². The van der Waals surface area contributed by atoms with E-state index in [1.807, 2.05) is 11.8 Å². The molecule has 3 aliphatic rings. The van der Waals surface area contributed by atoms with Gasteiger partial charge in [-0.2, -0.15) is 0 Å². The molecular formula is C13H18ClN5O4. The van der Waals surface area contributed by atoms with Crippen LogP contribution >= 0.6 is 11.6 Å². The fourth-order valence-corrected chi connectivity index (χ4v) is 3.55. The molecule has 2 fully saturated rings. The van der Waals surface area contributed by atoms with E-state index in [0.717, 1.165) is 12.3 Å². The van der Waals surface area contributed by atoms with Crippen molar-refractivity contribution in [1.29, 1.82) is 0 Å². The van der Waals surface area contributed by atoms with Crippen LogP contribution in [0.3, 0.4) is 0 Å². The van der Waals surface area contributed by atoms with E-state index in [9.17, 15) is 15.3 Å². The van der Waals surface area contributed by atoms with Crippen LogP contribution in [-0.4, -0.2) is 61.7 Å². The van der Waals surface area contributed by atoms with E-state index in [4.69, 9.17) is 22.1 Å². The molecule has 0 bridgehead atoms. The Kier molecular flexibility index (Phi) is 3.25. The van der Waals surface area contributed by atoms with Crippen molar-refractivity contribution in [1.82, 2.24) is 9.55 Å². The van der Waals surface area contributed by atoms with Crippen molar-refractivity contribution in [3.63, 3.8) is 0 Å². The first-order valence-electron chi connectivity index (χ1n) is 7.47. The Bertz CT molecular complexity index is 677. The third kappa shape index (κ3) is 1.98. The van der Waals surface area contributed by atoms with Gasteiger partial charge >= 0.3 is 0 Å². The van der Waals surface area contributed by atoms with Crippen molar-refractivity contribution >= 4 is 23.3 Å². The van der Waals surface area contributed by atoms with E-state index in [1.54, 1.807) is 4.57 Å². The number of nitrogens with zero attached hydrogens (tertiary/aromatic N) is 4. The second-order valence-electron chi connectivity index (χ2n) is 5.99. The zero-order valence-corrected chi connectivity index (χ0v) is 13.1. The van der Waals surface area contributed by atoms with Crippen LogP contribution in [0, 0.1) is 0 Å². The van der Waals surface area contributed by atoms with Crippen molar-refractivity contribution in [3.8, 4) is 0 Å². The van der Waals surface area contributed by atoms with Crippen LogP contribution in [0.15, 0.2) is 11.3 Å². The predicted octanol–water partition coefficient (Wildman–Crippen LogP) is -1.19. The van der Waals surface area contributed by atoms with Gasteiger partial charge in [0.1, 0.15) is 35.7 Å².